The Labute approximate surface area is 223 Å². The molecule has 1 aliphatic rings. The van der Waals surface area contributed by atoms with Crippen LogP contribution in [-0.4, -0.2) is 30.2 Å². The molecule has 0 atom stereocenters. The van der Waals surface area contributed by atoms with E-state index in [1.54, 1.807) is 35.9 Å². The Balaban J connectivity index is 1.37. The summed E-state index contributed by atoms with van der Waals surface area (Å²) in [6, 6.07) is 23.7. The van der Waals surface area contributed by atoms with E-state index in [0.29, 0.717) is 34.9 Å². The minimum absolute atomic E-state index is 0.0303. The van der Waals surface area contributed by atoms with E-state index in [1.807, 2.05) is 54.6 Å². The van der Waals surface area contributed by atoms with Crippen molar-refractivity contribution in [1.82, 2.24) is 9.88 Å². The average Bonchev–Trinajstić information content (AvgIpc) is 3.44. The number of carbonyl (C=O) groups is 2. The zero-order valence-corrected chi connectivity index (χ0v) is 21.1. The number of amides is 1. The van der Waals surface area contributed by atoms with Crippen molar-refractivity contribution in [2.24, 2.45) is 0 Å². The summed E-state index contributed by atoms with van der Waals surface area (Å²) in [6.07, 6.45) is 1.45. The summed E-state index contributed by atoms with van der Waals surface area (Å²) in [5.74, 6) is 0.881. The number of methoxy groups -OCH3 is 1. The van der Waals surface area contributed by atoms with Gasteiger partial charge in [0.2, 0.25) is 18.1 Å². The van der Waals surface area contributed by atoms with Gasteiger partial charge in [0.1, 0.15) is 12.3 Å². The molecule has 8 nitrogen and oxygen atoms in total. The van der Waals surface area contributed by atoms with Crippen LogP contribution in [0, 0.1) is 0 Å². The first kappa shape index (κ1) is 24.2. The molecule has 194 valence electrons. The molecule has 2 heterocycles. The lowest BCUT2D eigenvalue weighted by molar-refractivity contribution is -0.121. The van der Waals surface area contributed by atoms with E-state index in [9.17, 15) is 14.4 Å². The van der Waals surface area contributed by atoms with Crippen LogP contribution < -0.4 is 25.0 Å². The van der Waals surface area contributed by atoms with Gasteiger partial charge in [0.05, 0.1) is 23.6 Å². The highest BCUT2D eigenvalue weighted by atomic mass is 16.7. The fourth-order valence-electron chi connectivity index (χ4n) is 4.75. The molecule has 1 aromatic heterocycles. The van der Waals surface area contributed by atoms with Crippen LogP contribution >= 0.6 is 0 Å². The number of ketones is 1. The lowest BCUT2D eigenvalue weighted by Crippen LogP contribution is -2.29. The first-order chi connectivity index (χ1) is 19.0. The smallest absolute Gasteiger partial charge is 0.240 e. The van der Waals surface area contributed by atoms with Gasteiger partial charge < -0.3 is 24.1 Å². The second kappa shape index (κ2) is 9.98. The van der Waals surface area contributed by atoms with Crippen molar-refractivity contribution in [2.45, 2.75) is 13.1 Å². The van der Waals surface area contributed by atoms with E-state index < -0.39 is 11.2 Å². The number of aromatic nitrogens is 1. The average molecular weight is 521 g/mol. The Kier molecular flexibility index (Phi) is 6.20. The van der Waals surface area contributed by atoms with Gasteiger partial charge in [0.25, 0.3) is 0 Å². The maximum atomic E-state index is 13.6. The number of carbonyl (C=O) groups excluding carboxylic acids is 2. The monoisotopic (exact) mass is 520 g/mol. The number of hydrogen-bond acceptors (Lipinski definition) is 6. The number of ether oxygens (including phenoxy) is 3. The van der Waals surface area contributed by atoms with E-state index in [0.717, 1.165) is 16.3 Å². The lowest BCUT2D eigenvalue weighted by Gasteiger charge is -2.14. The van der Waals surface area contributed by atoms with Gasteiger partial charge in [-0.1, -0.05) is 48.5 Å². The second-order valence-corrected chi connectivity index (χ2v) is 9.24. The number of nitrogens with zero attached hydrogens (tertiary/aromatic N) is 1. The zero-order chi connectivity index (χ0) is 26.9. The molecule has 1 aliphatic heterocycles. The third-order valence-electron chi connectivity index (χ3n) is 6.77. The van der Waals surface area contributed by atoms with E-state index in [2.05, 4.69) is 5.32 Å². The fourth-order valence-corrected chi connectivity index (χ4v) is 4.75. The Morgan fingerprint density at radius 1 is 0.923 bits per heavy atom. The molecule has 0 aliphatic carbocycles. The van der Waals surface area contributed by atoms with Crippen LogP contribution in [0.2, 0.25) is 0 Å². The first-order valence-corrected chi connectivity index (χ1v) is 12.4. The van der Waals surface area contributed by atoms with Crippen molar-refractivity contribution in [3.05, 3.63) is 112 Å². The minimum Gasteiger partial charge on any atom is -0.497 e. The molecule has 8 heteroatoms. The topological polar surface area (TPSA) is 95.9 Å². The highest BCUT2D eigenvalue weighted by molar-refractivity contribution is 6.11. The predicted molar refractivity (Wildman–Crippen MR) is 147 cm³/mol. The largest absolute Gasteiger partial charge is 0.497 e. The maximum Gasteiger partial charge on any atom is 0.240 e. The molecule has 0 bridgehead atoms. The SMILES string of the molecule is COc1cccc(CNC(=O)Cn2cc(C(=O)c3ccc4ccccc4c3)c(=O)c3cc4c(cc32)OCO4)c1. The van der Waals surface area contributed by atoms with Gasteiger partial charge in [-0.15, -0.1) is 0 Å². The molecule has 4 aromatic carbocycles. The summed E-state index contributed by atoms with van der Waals surface area (Å²) in [7, 11) is 1.58. The van der Waals surface area contributed by atoms with Crippen LogP contribution in [0.3, 0.4) is 0 Å². The fraction of sp³-hybridized carbons (Fsp3) is 0.129. The normalized spacial score (nSPS) is 12.0. The summed E-state index contributed by atoms with van der Waals surface area (Å²) >= 11 is 0. The molecule has 1 N–H and O–H groups in total. The molecule has 6 rings (SSSR count). The predicted octanol–water partition coefficient (Wildman–Crippen LogP) is 4.44. The maximum absolute atomic E-state index is 13.6. The number of fused-ring (bicyclic) bond motifs is 3. The molecular weight excluding hydrogens is 496 g/mol. The van der Waals surface area contributed by atoms with E-state index in [4.69, 9.17) is 14.2 Å². The number of benzene rings is 4. The highest BCUT2D eigenvalue weighted by Gasteiger charge is 2.22. The van der Waals surface area contributed by atoms with Gasteiger partial charge in [0, 0.05) is 24.4 Å². The Morgan fingerprint density at radius 2 is 1.72 bits per heavy atom. The summed E-state index contributed by atoms with van der Waals surface area (Å²) in [5.41, 5.74) is 1.27. The second-order valence-electron chi connectivity index (χ2n) is 9.24. The molecule has 1 amide bonds. The molecule has 0 fully saturated rings. The minimum atomic E-state index is -0.436. The molecule has 0 saturated carbocycles. The third kappa shape index (κ3) is 4.68. The molecular formula is C31H24N2O6. The number of pyridine rings is 1. The number of nitrogens with one attached hydrogen (secondary N) is 1. The van der Waals surface area contributed by atoms with Crippen molar-refractivity contribution in [2.75, 3.05) is 13.9 Å². The lowest BCUT2D eigenvalue weighted by atomic mass is 9.99. The van der Waals surface area contributed by atoms with E-state index in [-0.39, 0.29) is 30.2 Å². The third-order valence-corrected chi connectivity index (χ3v) is 6.77. The van der Waals surface area contributed by atoms with Crippen LogP contribution in [0.5, 0.6) is 17.2 Å². The summed E-state index contributed by atoms with van der Waals surface area (Å²) in [6.45, 7) is 0.214. The van der Waals surface area contributed by atoms with E-state index >= 15 is 0 Å². The van der Waals surface area contributed by atoms with Crippen LogP contribution in [0.1, 0.15) is 21.5 Å². The van der Waals surface area contributed by atoms with Crippen molar-refractivity contribution in [3.63, 3.8) is 0 Å². The zero-order valence-electron chi connectivity index (χ0n) is 21.1. The summed E-state index contributed by atoms with van der Waals surface area (Å²) in [5, 5.41) is 5.05. The Bertz CT molecular complexity index is 1820. The van der Waals surface area contributed by atoms with E-state index in [1.165, 1.54) is 6.20 Å². The van der Waals surface area contributed by atoms with Crippen molar-refractivity contribution >= 4 is 33.4 Å². The van der Waals surface area contributed by atoms with Crippen molar-refractivity contribution < 1.29 is 23.8 Å². The molecule has 0 spiro atoms. The van der Waals surface area contributed by atoms with Gasteiger partial charge in [-0.2, -0.15) is 0 Å². The Morgan fingerprint density at radius 3 is 2.54 bits per heavy atom. The van der Waals surface area contributed by atoms with Crippen molar-refractivity contribution in [1.29, 1.82) is 0 Å². The van der Waals surface area contributed by atoms with Crippen LogP contribution in [-0.2, 0) is 17.9 Å². The molecule has 0 radical (unpaired) electrons. The van der Waals surface area contributed by atoms with Gasteiger partial charge in [-0.05, 0) is 40.6 Å². The van der Waals surface area contributed by atoms with Gasteiger partial charge >= 0.3 is 0 Å². The van der Waals surface area contributed by atoms with Gasteiger partial charge in [-0.3, -0.25) is 14.4 Å². The quantitative estimate of drug-likeness (QED) is 0.319. The van der Waals surface area contributed by atoms with Crippen LogP contribution in [0.15, 0.2) is 89.9 Å². The molecule has 0 saturated heterocycles. The van der Waals surface area contributed by atoms with Crippen LogP contribution in [0.25, 0.3) is 21.7 Å². The highest BCUT2D eigenvalue weighted by Crippen LogP contribution is 2.35. The number of hydrogen-bond donors (Lipinski definition) is 1. The summed E-state index contributed by atoms with van der Waals surface area (Å²) in [4.78, 5) is 40.2. The van der Waals surface area contributed by atoms with Gasteiger partial charge in [-0.25, -0.2) is 0 Å². The van der Waals surface area contributed by atoms with Gasteiger partial charge in [0.15, 0.2) is 17.3 Å². The first-order valence-electron chi connectivity index (χ1n) is 12.4. The number of rotatable bonds is 7. The standard InChI is InChI=1S/C31H24N2O6/c1-37-23-8-4-5-19(11-23)15-32-29(34)17-33-16-25(30(35)22-10-9-20-6-2-3-7-21(20)12-22)31(36)24-13-27-28(14-26(24)33)39-18-38-27/h2-14,16H,15,17-18H2,1H3,(H,32,34). The van der Waals surface area contributed by atoms with Crippen LogP contribution in [0.4, 0.5) is 0 Å². The molecule has 5 aromatic rings. The Hall–Kier alpha value is -5.11. The molecule has 0 unspecified atom stereocenters. The molecule has 39 heavy (non-hydrogen) atoms. The summed E-state index contributed by atoms with van der Waals surface area (Å²) < 4.78 is 17.8. The van der Waals surface area contributed by atoms with Crippen molar-refractivity contribution in [3.8, 4) is 17.2 Å².